The van der Waals surface area contributed by atoms with Gasteiger partial charge in [0.05, 0.1) is 6.61 Å². The van der Waals surface area contributed by atoms with Crippen molar-refractivity contribution in [2.24, 2.45) is 5.92 Å². The number of carbonyl (C=O) groups excluding carboxylic acids is 1. The molecule has 2 nitrogen and oxygen atoms in total. The average Bonchev–Trinajstić information content (AvgIpc) is 2.56. The van der Waals surface area contributed by atoms with E-state index in [2.05, 4.69) is 0 Å². The number of benzene rings is 1. The highest BCUT2D eigenvalue weighted by atomic mass is 19.4. The van der Waals surface area contributed by atoms with Crippen LogP contribution in [0.1, 0.15) is 50.5 Å². The zero-order valence-electron chi connectivity index (χ0n) is 13.1. The Morgan fingerprint density at radius 2 is 1.74 bits per heavy atom. The van der Waals surface area contributed by atoms with E-state index in [0.29, 0.717) is 12.0 Å². The Kier molecular flexibility index (Phi) is 6.22. The number of carbonyl (C=O) groups is 1. The van der Waals surface area contributed by atoms with Crippen molar-refractivity contribution in [3.05, 3.63) is 35.9 Å². The van der Waals surface area contributed by atoms with Crippen LogP contribution in [0.25, 0.3) is 0 Å². The molecule has 1 aliphatic rings. The van der Waals surface area contributed by atoms with Crippen molar-refractivity contribution in [3.63, 3.8) is 0 Å². The van der Waals surface area contributed by atoms with Gasteiger partial charge >= 0.3 is 6.18 Å². The first-order chi connectivity index (χ1) is 11.0. The van der Waals surface area contributed by atoms with E-state index < -0.39 is 11.8 Å². The molecule has 0 heterocycles. The standard InChI is InChI=1S/C18H23F3O2/c19-18(20,21)17(14-22,12-11-15-7-3-1-4-8-15)23-13-16-9-5-2-6-10-16/h2,5-6,9-10,14-15H,1,3-4,7-8,11-13H2. The normalized spacial score (nSPS) is 19.3. The van der Waals surface area contributed by atoms with E-state index in [0.717, 1.165) is 32.1 Å². The van der Waals surface area contributed by atoms with Gasteiger partial charge in [-0.3, -0.25) is 4.79 Å². The topological polar surface area (TPSA) is 26.3 Å². The molecule has 23 heavy (non-hydrogen) atoms. The highest BCUT2D eigenvalue weighted by molar-refractivity contribution is 5.64. The van der Waals surface area contributed by atoms with Gasteiger partial charge in [-0.25, -0.2) is 0 Å². The van der Waals surface area contributed by atoms with E-state index in [1.165, 1.54) is 0 Å². The number of aldehydes is 1. The molecule has 1 fully saturated rings. The number of ether oxygens (including phenoxy) is 1. The summed E-state index contributed by atoms with van der Waals surface area (Å²) >= 11 is 0. The molecule has 0 bridgehead atoms. The van der Waals surface area contributed by atoms with Crippen LogP contribution >= 0.6 is 0 Å². The van der Waals surface area contributed by atoms with Crippen LogP contribution in [0, 0.1) is 5.92 Å². The Labute approximate surface area is 135 Å². The Morgan fingerprint density at radius 1 is 1.09 bits per heavy atom. The maximum absolute atomic E-state index is 13.5. The van der Waals surface area contributed by atoms with Gasteiger partial charge in [0.2, 0.25) is 5.60 Å². The molecule has 2 rings (SSSR count). The number of halogens is 3. The molecule has 0 aliphatic heterocycles. The van der Waals surface area contributed by atoms with Crippen molar-refractivity contribution in [2.45, 2.75) is 63.3 Å². The molecule has 0 radical (unpaired) electrons. The maximum Gasteiger partial charge on any atom is 0.424 e. The molecular weight excluding hydrogens is 305 g/mol. The monoisotopic (exact) mass is 328 g/mol. The highest BCUT2D eigenvalue weighted by Gasteiger charge is 2.56. The second-order valence-corrected chi connectivity index (χ2v) is 6.32. The molecule has 1 unspecified atom stereocenters. The second kappa shape index (κ2) is 7.95. The van der Waals surface area contributed by atoms with Gasteiger partial charge in [-0.1, -0.05) is 62.4 Å². The van der Waals surface area contributed by atoms with E-state index in [4.69, 9.17) is 4.74 Å². The zero-order chi connectivity index (χ0) is 16.8. The smallest absolute Gasteiger partial charge is 0.354 e. The van der Waals surface area contributed by atoms with Crippen molar-refractivity contribution in [1.82, 2.24) is 0 Å². The molecule has 5 heteroatoms. The maximum atomic E-state index is 13.5. The van der Waals surface area contributed by atoms with Gasteiger partial charge in [-0.05, 0) is 24.3 Å². The molecule has 0 amide bonds. The van der Waals surface area contributed by atoms with Crippen LogP contribution in [-0.4, -0.2) is 18.1 Å². The van der Waals surface area contributed by atoms with Gasteiger partial charge in [-0.2, -0.15) is 13.2 Å². The first-order valence-corrected chi connectivity index (χ1v) is 8.18. The fourth-order valence-electron chi connectivity index (χ4n) is 3.14. The summed E-state index contributed by atoms with van der Waals surface area (Å²) in [6.45, 7) is -0.218. The minimum absolute atomic E-state index is 0.0568. The first-order valence-electron chi connectivity index (χ1n) is 8.18. The number of rotatable bonds is 7. The van der Waals surface area contributed by atoms with Gasteiger partial charge in [0.1, 0.15) is 0 Å². The van der Waals surface area contributed by atoms with Crippen molar-refractivity contribution >= 4 is 6.29 Å². The molecule has 0 N–H and O–H groups in total. The summed E-state index contributed by atoms with van der Waals surface area (Å²) in [6, 6.07) is 8.62. The molecule has 128 valence electrons. The van der Waals surface area contributed by atoms with Crippen molar-refractivity contribution < 1.29 is 22.7 Å². The van der Waals surface area contributed by atoms with Crippen molar-refractivity contribution in [2.75, 3.05) is 0 Å². The van der Waals surface area contributed by atoms with Gasteiger partial charge in [-0.15, -0.1) is 0 Å². The van der Waals surface area contributed by atoms with E-state index in [-0.39, 0.29) is 25.2 Å². The predicted octanol–water partition coefficient (Wildman–Crippen LogP) is 5.06. The molecular formula is C18H23F3O2. The summed E-state index contributed by atoms with van der Waals surface area (Å²) in [5, 5.41) is 0. The van der Waals surface area contributed by atoms with Crippen molar-refractivity contribution in [1.29, 1.82) is 0 Å². The summed E-state index contributed by atoms with van der Waals surface area (Å²) < 4.78 is 45.6. The summed E-state index contributed by atoms with van der Waals surface area (Å²) in [7, 11) is 0. The van der Waals surface area contributed by atoms with Crippen LogP contribution in [0.15, 0.2) is 30.3 Å². The molecule has 1 aromatic carbocycles. The Balaban J connectivity index is 2.03. The number of hydrogen-bond donors (Lipinski definition) is 0. The molecule has 1 aliphatic carbocycles. The molecule has 1 aromatic rings. The van der Waals surface area contributed by atoms with Gasteiger partial charge in [0.15, 0.2) is 6.29 Å². The highest BCUT2D eigenvalue weighted by Crippen LogP contribution is 2.39. The third kappa shape index (κ3) is 4.80. The number of hydrogen-bond acceptors (Lipinski definition) is 2. The van der Waals surface area contributed by atoms with E-state index in [1.807, 2.05) is 0 Å². The van der Waals surface area contributed by atoms with Gasteiger partial charge in [0.25, 0.3) is 0 Å². The Morgan fingerprint density at radius 3 is 2.30 bits per heavy atom. The van der Waals surface area contributed by atoms with Crippen LogP contribution in [0.4, 0.5) is 13.2 Å². The first kappa shape index (κ1) is 18.0. The van der Waals surface area contributed by atoms with Crippen LogP contribution in [0.5, 0.6) is 0 Å². The fraction of sp³-hybridized carbons (Fsp3) is 0.611. The lowest BCUT2D eigenvalue weighted by Crippen LogP contribution is -2.49. The molecule has 0 spiro atoms. The summed E-state index contributed by atoms with van der Waals surface area (Å²) in [4.78, 5) is 11.3. The van der Waals surface area contributed by atoms with E-state index in [9.17, 15) is 18.0 Å². The molecule has 1 atom stereocenters. The third-order valence-electron chi connectivity index (χ3n) is 4.66. The molecule has 0 saturated heterocycles. The average molecular weight is 328 g/mol. The van der Waals surface area contributed by atoms with Crippen molar-refractivity contribution in [3.8, 4) is 0 Å². The Bertz CT molecular complexity index is 481. The number of alkyl halides is 3. The van der Waals surface area contributed by atoms with E-state index >= 15 is 0 Å². The van der Waals surface area contributed by atoms with Crippen LogP contribution in [0.3, 0.4) is 0 Å². The zero-order valence-corrected chi connectivity index (χ0v) is 13.1. The van der Waals surface area contributed by atoms with E-state index in [1.54, 1.807) is 30.3 Å². The second-order valence-electron chi connectivity index (χ2n) is 6.32. The largest absolute Gasteiger partial charge is 0.424 e. The van der Waals surface area contributed by atoms with Crippen LogP contribution in [0.2, 0.25) is 0 Å². The predicted molar refractivity (Wildman–Crippen MR) is 81.9 cm³/mol. The van der Waals surface area contributed by atoms with Gasteiger partial charge < -0.3 is 4.74 Å². The lowest BCUT2D eigenvalue weighted by molar-refractivity contribution is -0.267. The fourth-order valence-corrected chi connectivity index (χ4v) is 3.14. The van der Waals surface area contributed by atoms with Gasteiger partial charge in [0, 0.05) is 0 Å². The third-order valence-corrected chi connectivity index (χ3v) is 4.66. The molecule has 1 saturated carbocycles. The Hall–Kier alpha value is -1.36. The van der Waals surface area contributed by atoms with Crippen LogP contribution < -0.4 is 0 Å². The lowest BCUT2D eigenvalue weighted by Gasteiger charge is -2.32. The SMILES string of the molecule is O=CC(CCC1CCCCC1)(OCc1ccccc1)C(F)(F)F. The minimum Gasteiger partial charge on any atom is -0.354 e. The quantitative estimate of drug-likeness (QED) is 0.654. The summed E-state index contributed by atoms with van der Waals surface area (Å²) in [5.74, 6) is 0.269. The minimum atomic E-state index is -4.70. The summed E-state index contributed by atoms with van der Waals surface area (Å²) in [5.41, 5.74) is -2.07. The summed E-state index contributed by atoms with van der Waals surface area (Å²) in [6.07, 6.45) is 0.517. The lowest BCUT2D eigenvalue weighted by atomic mass is 9.83. The molecule has 0 aromatic heterocycles. The van der Waals surface area contributed by atoms with Crippen LogP contribution in [-0.2, 0) is 16.1 Å².